The van der Waals surface area contributed by atoms with Crippen LogP contribution in [0.3, 0.4) is 0 Å². The summed E-state index contributed by atoms with van der Waals surface area (Å²) in [5.41, 5.74) is 2.00. The predicted molar refractivity (Wildman–Crippen MR) is 111 cm³/mol. The number of benzene rings is 2. The molecule has 8 heteroatoms. The number of nitrogens with one attached hydrogen (secondary N) is 1. The first-order valence-corrected chi connectivity index (χ1v) is 9.12. The maximum atomic E-state index is 12.3. The van der Waals surface area contributed by atoms with E-state index in [0.29, 0.717) is 33.9 Å². The molecule has 0 bridgehead atoms. The second-order valence-electron chi connectivity index (χ2n) is 6.08. The molecule has 0 saturated carbocycles. The molecule has 0 fully saturated rings. The van der Waals surface area contributed by atoms with Crippen molar-refractivity contribution in [2.45, 2.75) is 6.92 Å². The molecule has 2 aromatic carbocycles. The summed E-state index contributed by atoms with van der Waals surface area (Å²) in [6.07, 6.45) is 0. The number of ether oxygens (including phenoxy) is 3. The van der Waals surface area contributed by atoms with E-state index in [1.807, 2.05) is 19.1 Å². The summed E-state index contributed by atoms with van der Waals surface area (Å²) in [4.78, 5) is 21.1. The highest BCUT2D eigenvalue weighted by Crippen LogP contribution is 2.29. The summed E-state index contributed by atoms with van der Waals surface area (Å²) in [6.45, 7) is 1.60. The summed E-state index contributed by atoms with van der Waals surface area (Å²) in [6, 6.07) is 14.0. The van der Waals surface area contributed by atoms with Crippen molar-refractivity contribution in [3.63, 3.8) is 0 Å². The SMILES string of the molecule is COc1ccc(OC)c(NC(=O)COc2cc(C)nc(-c3ccc(Cl)cc3)n2)c1. The van der Waals surface area contributed by atoms with E-state index in [9.17, 15) is 4.79 Å². The van der Waals surface area contributed by atoms with Gasteiger partial charge in [0, 0.05) is 28.4 Å². The molecule has 7 nitrogen and oxygen atoms in total. The topological polar surface area (TPSA) is 82.6 Å². The highest BCUT2D eigenvalue weighted by molar-refractivity contribution is 6.30. The zero-order valence-corrected chi connectivity index (χ0v) is 17.0. The minimum atomic E-state index is -0.360. The van der Waals surface area contributed by atoms with Crippen LogP contribution in [0, 0.1) is 6.92 Å². The Kier molecular flexibility index (Phi) is 6.51. The first kappa shape index (κ1) is 20.4. The average molecular weight is 414 g/mol. The Bertz CT molecular complexity index is 1010. The lowest BCUT2D eigenvalue weighted by molar-refractivity contribution is -0.118. The molecule has 0 aliphatic heterocycles. The van der Waals surface area contributed by atoms with Gasteiger partial charge in [0.1, 0.15) is 11.5 Å². The van der Waals surface area contributed by atoms with Crippen molar-refractivity contribution in [1.29, 1.82) is 0 Å². The third kappa shape index (κ3) is 5.36. The quantitative estimate of drug-likeness (QED) is 0.626. The lowest BCUT2D eigenvalue weighted by atomic mass is 10.2. The maximum absolute atomic E-state index is 12.3. The molecule has 150 valence electrons. The number of anilines is 1. The van der Waals surface area contributed by atoms with Crippen LogP contribution < -0.4 is 19.5 Å². The van der Waals surface area contributed by atoms with Crippen LogP contribution in [0.4, 0.5) is 5.69 Å². The summed E-state index contributed by atoms with van der Waals surface area (Å²) >= 11 is 5.93. The number of carbonyl (C=O) groups excluding carboxylic acids is 1. The van der Waals surface area contributed by atoms with Gasteiger partial charge in [-0.15, -0.1) is 0 Å². The van der Waals surface area contributed by atoms with E-state index in [4.69, 9.17) is 25.8 Å². The van der Waals surface area contributed by atoms with Crippen LogP contribution in [-0.2, 0) is 4.79 Å². The van der Waals surface area contributed by atoms with Gasteiger partial charge in [-0.2, -0.15) is 4.98 Å². The first-order valence-electron chi connectivity index (χ1n) is 8.75. The number of nitrogens with zero attached hydrogens (tertiary/aromatic N) is 2. The maximum Gasteiger partial charge on any atom is 0.262 e. The summed E-state index contributed by atoms with van der Waals surface area (Å²) in [7, 11) is 3.07. The molecular formula is C21H20ClN3O4. The van der Waals surface area contributed by atoms with Gasteiger partial charge in [0.15, 0.2) is 12.4 Å². The minimum absolute atomic E-state index is 0.225. The Labute approximate surface area is 173 Å². The summed E-state index contributed by atoms with van der Waals surface area (Å²) in [5.74, 6) is 1.55. The van der Waals surface area contributed by atoms with Crippen molar-refractivity contribution in [3.8, 4) is 28.8 Å². The highest BCUT2D eigenvalue weighted by Gasteiger charge is 2.12. The molecule has 1 N–H and O–H groups in total. The van der Waals surface area contributed by atoms with E-state index in [2.05, 4.69) is 15.3 Å². The largest absolute Gasteiger partial charge is 0.497 e. The van der Waals surface area contributed by atoms with Crippen molar-refractivity contribution in [2.24, 2.45) is 0 Å². The molecular weight excluding hydrogens is 394 g/mol. The second kappa shape index (κ2) is 9.25. The number of amides is 1. The lowest BCUT2D eigenvalue weighted by Gasteiger charge is -2.12. The van der Waals surface area contributed by atoms with Crippen molar-refractivity contribution >= 4 is 23.2 Å². The number of hydrogen-bond donors (Lipinski definition) is 1. The average Bonchev–Trinajstić information content (AvgIpc) is 2.72. The highest BCUT2D eigenvalue weighted by atomic mass is 35.5. The van der Waals surface area contributed by atoms with Gasteiger partial charge in [0.05, 0.1) is 19.9 Å². The smallest absolute Gasteiger partial charge is 0.262 e. The molecule has 0 unspecified atom stereocenters. The molecule has 0 aliphatic rings. The Morgan fingerprint density at radius 3 is 2.48 bits per heavy atom. The molecule has 3 rings (SSSR count). The van der Waals surface area contributed by atoms with Crippen LogP contribution in [-0.4, -0.2) is 36.7 Å². The molecule has 0 saturated heterocycles. The monoisotopic (exact) mass is 413 g/mol. The zero-order chi connectivity index (χ0) is 20.8. The van der Waals surface area contributed by atoms with E-state index in [-0.39, 0.29) is 12.5 Å². The zero-order valence-electron chi connectivity index (χ0n) is 16.2. The Morgan fingerprint density at radius 2 is 1.79 bits per heavy atom. The first-order chi connectivity index (χ1) is 14.0. The van der Waals surface area contributed by atoms with Crippen molar-refractivity contribution < 1.29 is 19.0 Å². The Morgan fingerprint density at radius 1 is 1.03 bits per heavy atom. The Balaban J connectivity index is 1.70. The fourth-order valence-corrected chi connectivity index (χ4v) is 2.71. The van der Waals surface area contributed by atoms with Gasteiger partial charge in [-0.3, -0.25) is 4.79 Å². The van der Waals surface area contributed by atoms with Crippen molar-refractivity contribution in [1.82, 2.24) is 9.97 Å². The van der Waals surface area contributed by atoms with E-state index in [1.54, 1.807) is 43.5 Å². The van der Waals surface area contributed by atoms with Crippen LogP contribution in [0.15, 0.2) is 48.5 Å². The predicted octanol–water partition coefficient (Wildman–Crippen LogP) is 4.14. The Hall–Kier alpha value is -3.32. The number of carbonyl (C=O) groups is 1. The molecule has 0 radical (unpaired) electrons. The van der Waals surface area contributed by atoms with Crippen molar-refractivity contribution in [3.05, 3.63) is 59.2 Å². The van der Waals surface area contributed by atoms with Gasteiger partial charge < -0.3 is 19.5 Å². The van der Waals surface area contributed by atoms with Crippen LogP contribution in [0.5, 0.6) is 17.4 Å². The fourth-order valence-electron chi connectivity index (χ4n) is 2.58. The minimum Gasteiger partial charge on any atom is -0.497 e. The molecule has 0 atom stereocenters. The molecule has 29 heavy (non-hydrogen) atoms. The molecule has 0 aliphatic carbocycles. The number of rotatable bonds is 7. The molecule has 0 spiro atoms. The third-order valence-electron chi connectivity index (χ3n) is 3.97. The number of halogens is 1. The standard InChI is InChI=1S/C21H20ClN3O4/c1-13-10-20(25-21(23-13)14-4-6-15(22)7-5-14)29-12-19(26)24-17-11-16(27-2)8-9-18(17)28-3/h4-11H,12H2,1-3H3,(H,24,26). The molecule has 3 aromatic rings. The number of aromatic nitrogens is 2. The van der Waals surface area contributed by atoms with E-state index in [1.165, 1.54) is 7.11 Å². The van der Waals surface area contributed by atoms with Crippen LogP contribution >= 0.6 is 11.6 Å². The van der Waals surface area contributed by atoms with Gasteiger partial charge in [-0.1, -0.05) is 11.6 Å². The van der Waals surface area contributed by atoms with Gasteiger partial charge in [0.25, 0.3) is 5.91 Å². The summed E-state index contributed by atoms with van der Waals surface area (Å²) in [5, 5.41) is 3.37. The van der Waals surface area contributed by atoms with Crippen LogP contribution in [0.25, 0.3) is 11.4 Å². The van der Waals surface area contributed by atoms with E-state index in [0.717, 1.165) is 11.3 Å². The van der Waals surface area contributed by atoms with Gasteiger partial charge in [-0.25, -0.2) is 4.98 Å². The fraction of sp³-hybridized carbons (Fsp3) is 0.190. The molecule has 1 aromatic heterocycles. The number of aryl methyl sites for hydroxylation is 1. The van der Waals surface area contributed by atoms with Gasteiger partial charge in [-0.05, 0) is 43.3 Å². The molecule has 1 amide bonds. The number of methoxy groups -OCH3 is 2. The van der Waals surface area contributed by atoms with E-state index < -0.39 is 0 Å². The van der Waals surface area contributed by atoms with Gasteiger partial charge in [0.2, 0.25) is 5.88 Å². The molecule has 1 heterocycles. The van der Waals surface area contributed by atoms with Gasteiger partial charge >= 0.3 is 0 Å². The van der Waals surface area contributed by atoms with E-state index >= 15 is 0 Å². The normalized spacial score (nSPS) is 10.3. The number of hydrogen-bond acceptors (Lipinski definition) is 6. The van der Waals surface area contributed by atoms with Crippen molar-refractivity contribution in [2.75, 3.05) is 26.1 Å². The lowest BCUT2D eigenvalue weighted by Crippen LogP contribution is -2.21. The van der Waals surface area contributed by atoms with Crippen LogP contribution in [0.1, 0.15) is 5.69 Å². The summed E-state index contributed by atoms with van der Waals surface area (Å²) < 4.78 is 16.0. The third-order valence-corrected chi connectivity index (χ3v) is 4.22. The second-order valence-corrected chi connectivity index (χ2v) is 6.52. The van der Waals surface area contributed by atoms with Crippen LogP contribution in [0.2, 0.25) is 5.02 Å².